The zero-order valence-corrected chi connectivity index (χ0v) is 9.24. The van der Waals surface area contributed by atoms with Gasteiger partial charge in [-0.25, -0.2) is 4.79 Å². The van der Waals surface area contributed by atoms with Crippen LogP contribution in [0.3, 0.4) is 0 Å². The van der Waals surface area contributed by atoms with Crippen molar-refractivity contribution in [3.63, 3.8) is 0 Å². The highest BCUT2D eigenvalue weighted by atomic mass is 35.5. The van der Waals surface area contributed by atoms with Crippen LogP contribution in [0.5, 0.6) is 0 Å². The Kier molecular flexibility index (Phi) is 3.03. The summed E-state index contributed by atoms with van der Waals surface area (Å²) in [7, 11) is 0. The van der Waals surface area contributed by atoms with Gasteiger partial charge in [0.2, 0.25) is 0 Å². The molecule has 0 saturated heterocycles. The average molecular weight is 242 g/mol. The van der Waals surface area contributed by atoms with E-state index in [1.165, 1.54) is 0 Å². The van der Waals surface area contributed by atoms with E-state index in [0.29, 0.717) is 11.4 Å². The van der Waals surface area contributed by atoms with Crippen molar-refractivity contribution in [2.75, 3.05) is 0 Å². The van der Waals surface area contributed by atoms with Crippen molar-refractivity contribution in [1.82, 2.24) is 5.32 Å². The fourth-order valence-corrected chi connectivity index (χ4v) is 2.24. The number of amides is 1. The van der Waals surface area contributed by atoms with Crippen LogP contribution in [0.1, 0.15) is 23.7 Å². The first kappa shape index (κ1) is 11.2. The number of carboxylic acid groups (broad SMARTS) is 1. The number of hydrogen-bond acceptors (Lipinski definition) is 2. The van der Waals surface area contributed by atoms with Crippen LogP contribution in [0.4, 0.5) is 4.79 Å². The third-order valence-corrected chi connectivity index (χ3v) is 3.08. The molecule has 0 aromatic heterocycles. The van der Waals surface area contributed by atoms with Gasteiger partial charge in [-0.15, -0.1) is 0 Å². The quantitative estimate of drug-likeness (QED) is 0.704. The van der Waals surface area contributed by atoms with E-state index >= 15 is 0 Å². The first-order valence-corrected chi connectivity index (χ1v) is 5.41. The number of rotatable bonds is 1. The Hall–Kier alpha value is -1.26. The summed E-state index contributed by atoms with van der Waals surface area (Å²) in [6.07, 6.45) is -0.593. The van der Waals surface area contributed by atoms with Crippen LogP contribution in [0, 0.1) is 0 Å². The second-order valence-electron chi connectivity index (χ2n) is 3.88. The van der Waals surface area contributed by atoms with E-state index in [0.717, 1.165) is 17.5 Å². The average Bonchev–Trinajstić information content (AvgIpc) is 2.22. The van der Waals surface area contributed by atoms with Gasteiger partial charge in [-0.1, -0.05) is 17.7 Å². The van der Waals surface area contributed by atoms with E-state index in [-0.39, 0.29) is 0 Å². The first-order valence-electron chi connectivity index (χ1n) is 5.04. The van der Waals surface area contributed by atoms with Crippen molar-refractivity contribution < 1.29 is 15.0 Å². The lowest BCUT2D eigenvalue weighted by Gasteiger charge is -2.29. The Morgan fingerprint density at radius 2 is 2.25 bits per heavy atom. The molecule has 86 valence electrons. The monoisotopic (exact) mass is 241 g/mol. The van der Waals surface area contributed by atoms with Gasteiger partial charge in [0.05, 0.1) is 12.1 Å². The molecule has 1 aliphatic rings. The van der Waals surface area contributed by atoms with Crippen molar-refractivity contribution in [2.24, 2.45) is 0 Å². The van der Waals surface area contributed by atoms with Gasteiger partial charge >= 0.3 is 6.09 Å². The zero-order chi connectivity index (χ0) is 11.7. The lowest BCUT2D eigenvalue weighted by molar-refractivity contribution is 0.109. The molecule has 0 aliphatic heterocycles. The summed E-state index contributed by atoms with van der Waals surface area (Å²) in [5, 5.41) is 21.5. The molecule has 3 N–H and O–H groups in total. The van der Waals surface area contributed by atoms with Gasteiger partial charge in [0.25, 0.3) is 0 Å². The predicted molar refractivity (Wildman–Crippen MR) is 59.7 cm³/mol. The number of aliphatic hydroxyl groups is 1. The second kappa shape index (κ2) is 4.31. The second-order valence-corrected chi connectivity index (χ2v) is 4.32. The fourth-order valence-electron chi connectivity index (χ4n) is 2.06. The molecule has 1 aromatic carbocycles. The molecule has 0 spiro atoms. The lowest BCUT2D eigenvalue weighted by atomic mass is 9.86. The van der Waals surface area contributed by atoms with Gasteiger partial charge in [0, 0.05) is 5.02 Å². The maximum Gasteiger partial charge on any atom is 0.404 e. The number of aliphatic hydroxyl groups excluding tert-OH is 1. The highest BCUT2D eigenvalue weighted by molar-refractivity contribution is 6.30. The Morgan fingerprint density at radius 1 is 1.50 bits per heavy atom. The first-order chi connectivity index (χ1) is 7.58. The molecule has 0 saturated carbocycles. The Balaban J connectivity index is 2.26. The van der Waals surface area contributed by atoms with Crippen LogP contribution >= 0.6 is 11.6 Å². The van der Waals surface area contributed by atoms with Crippen molar-refractivity contribution in [2.45, 2.75) is 25.0 Å². The van der Waals surface area contributed by atoms with Crippen LogP contribution < -0.4 is 5.32 Å². The van der Waals surface area contributed by atoms with E-state index in [4.69, 9.17) is 16.7 Å². The summed E-state index contributed by atoms with van der Waals surface area (Å²) in [4.78, 5) is 10.5. The molecule has 4 nitrogen and oxygen atoms in total. The van der Waals surface area contributed by atoms with Gasteiger partial charge in [-0.3, -0.25) is 0 Å². The Bertz CT molecular complexity index is 422. The minimum Gasteiger partial charge on any atom is -0.465 e. The van der Waals surface area contributed by atoms with Crippen LogP contribution in [-0.2, 0) is 6.42 Å². The van der Waals surface area contributed by atoms with E-state index in [1.54, 1.807) is 12.1 Å². The largest absolute Gasteiger partial charge is 0.465 e. The number of hydrogen-bond donors (Lipinski definition) is 3. The lowest BCUT2D eigenvalue weighted by Crippen LogP contribution is -2.41. The third-order valence-electron chi connectivity index (χ3n) is 2.84. The van der Waals surface area contributed by atoms with Crippen LogP contribution in [0.25, 0.3) is 0 Å². The van der Waals surface area contributed by atoms with Gasteiger partial charge in [0.15, 0.2) is 0 Å². The molecule has 1 amide bonds. The standard InChI is InChI=1S/C11H12ClNO3/c12-7-3-1-6-2-4-9(13-11(15)16)10(14)8(6)5-7/h1,3,5,9-10,13-14H,2,4H2,(H,15,16)/t9-,10+/m0/s1. The molecule has 2 rings (SSSR count). The molecular formula is C11H12ClNO3. The van der Waals surface area contributed by atoms with Crippen LogP contribution in [-0.4, -0.2) is 22.3 Å². The van der Waals surface area contributed by atoms with Crippen molar-refractivity contribution in [3.8, 4) is 0 Å². The topological polar surface area (TPSA) is 69.6 Å². The van der Waals surface area contributed by atoms with E-state index in [1.807, 2.05) is 6.07 Å². The van der Waals surface area contributed by atoms with Crippen molar-refractivity contribution in [3.05, 3.63) is 34.3 Å². The molecule has 1 aromatic rings. The zero-order valence-electron chi connectivity index (χ0n) is 8.48. The molecule has 1 aliphatic carbocycles. The summed E-state index contributed by atoms with van der Waals surface area (Å²) < 4.78 is 0. The summed E-state index contributed by atoms with van der Waals surface area (Å²) in [5.74, 6) is 0. The molecule has 0 fully saturated rings. The predicted octanol–water partition coefficient (Wildman–Crippen LogP) is 1.96. The molecule has 0 bridgehead atoms. The van der Waals surface area contributed by atoms with E-state index in [9.17, 15) is 9.90 Å². The smallest absolute Gasteiger partial charge is 0.404 e. The highest BCUT2D eigenvalue weighted by Gasteiger charge is 2.29. The van der Waals surface area contributed by atoms with E-state index < -0.39 is 18.2 Å². The summed E-state index contributed by atoms with van der Waals surface area (Å²) in [6.45, 7) is 0. The number of carbonyl (C=O) groups is 1. The van der Waals surface area contributed by atoms with Crippen LogP contribution in [0.2, 0.25) is 5.02 Å². The fraction of sp³-hybridized carbons (Fsp3) is 0.364. The molecule has 0 heterocycles. The Morgan fingerprint density at radius 3 is 2.94 bits per heavy atom. The van der Waals surface area contributed by atoms with Gasteiger partial charge in [-0.2, -0.15) is 0 Å². The number of aryl methyl sites for hydroxylation is 1. The van der Waals surface area contributed by atoms with Gasteiger partial charge in [0.1, 0.15) is 0 Å². The minimum atomic E-state index is -1.12. The van der Waals surface area contributed by atoms with Gasteiger partial charge < -0.3 is 15.5 Å². The maximum absolute atomic E-state index is 10.5. The molecular weight excluding hydrogens is 230 g/mol. The molecule has 5 heteroatoms. The molecule has 0 unspecified atom stereocenters. The maximum atomic E-state index is 10.5. The van der Waals surface area contributed by atoms with Gasteiger partial charge in [-0.05, 0) is 36.1 Å². The molecule has 16 heavy (non-hydrogen) atoms. The van der Waals surface area contributed by atoms with Crippen molar-refractivity contribution in [1.29, 1.82) is 0 Å². The number of nitrogens with one attached hydrogen (secondary N) is 1. The normalized spacial score (nSPS) is 23.6. The summed E-state index contributed by atoms with van der Waals surface area (Å²) >= 11 is 5.85. The highest BCUT2D eigenvalue weighted by Crippen LogP contribution is 2.31. The van der Waals surface area contributed by atoms with E-state index in [2.05, 4.69) is 5.32 Å². The molecule has 2 atom stereocenters. The van der Waals surface area contributed by atoms with Crippen LogP contribution in [0.15, 0.2) is 18.2 Å². The number of fused-ring (bicyclic) bond motifs is 1. The molecule has 0 radical (unpaired) electrons. The SMILES string of the molecule is O=C(O)N[C@H]1CCc2ccc(Cl)cc2[C@H]1O. The summed E-state index contributed by atoms with van der Waals surface area (Å²) in [6, 6.07) is 4.89. The summed E-state index contributed by atoms with van der Waals surface area (Å²) in [5.41, 5.74) is 1.75. The third kappa shape index (κ3) is 2.13. The number of halogens is 1. The Labute approximate surface area is 97.9 Å². The minimum absolute atomic E-state index is 0.455. The van der Waals surface area contributed by atoms with Crippen molar-refractivity contribution >= 4 is 17.7 Å². The number of benzene rings is 1.